The minimum Gasteiger partial charge on any atom is -0.257 e. The first-order valence-electron chi connectivity index (χ1n) is 4.39. The van der Waals surface area contributed by atoms with E-state index in [-0.39, 0.29) is 0 Å². The molecule has 2 rings (SSSR count). The van der Waals surface area contributed by atoms with Gasteiger partial charge in [0.15, 0.2) is 0 Å². The van der Waals surface area contributed by atoms with E-state index in [4.69, 9.17) is 11.6 Å². The maximum atomic E-state index is 5.79. The normalized spacial score (nSPS) is 14.3. The largest absolute Gasteiger partial charge is 0.257 e. The molecule has 1 aromatic rings. The molecule has 0 aromatic carbocycles. The number of halogens is 1. The Hall–Kier alpha value is -0.960. The van der Waals surface area contributed by atoms with Crippen molar-refractivity contribution in [2.24, 2.45) is 4.99 Å². The number of aromatic nitrogens is 2. The number of aliphatic imine (C=N–C) groups is 1. The first-order valence-corrected chi connectivity index (χ1v) is 4.77. The van der Waals surface area contributed by atoms with Crippen LogP contribution in [-0.4, -0.2) is 16.2 Å². The number of rotatable bonds is 1. The van der Waals surface area contributed by atoms with Gasteiger partial charge in [-0.3, -0.25) is 4.99 Å². The van der Waals surface area contributed by atoms with E-state index >= 15 is 0 Å². The lowest BCUT2D eigenvalue weighted by molar-refractivity contribution is 0.898. The maximum Gasteiger partial charge on any atom is 0.222 e. The highest BCUT2D eigenvalue weighted by Gasteiger charge is 2.13. The van der Waals surface area contributed by atoms with Crippen LogP contribution in [0.1, 0.15) is 24.7 Å². The average Bonchev–Trinajstić information content (AvgIpc) is 2.16. The monoisotopic (exact) mass is 195 g/mol. The van der Waals surface area contributed by atoms with Crippen molar-refractivity contribution in [3.8, 4) is 0 Å². The molecular formula is C9H10ClN3. The van der Waals surface area contributed by atoms with Gasteiger partial charge in [0, 0.05) is 6.21 Å². The molecule has 0 fully saturated rings. The summed E-state index contributed by atoms with van der Waals surface area (Å²) in [7, 11) is 0. The molecule has 0 atom stereocenters. The summed E-state index contributed by atoms with van der Waals surface area (Å²) >= 11 is 5.79. The summed E-state index contributed by atoms with van der Waals surface area (Å²) in [5.74, 6) is 0. The summed E-state index contributed by atoms with van der Waals surface area (Å²) in [4.78, 5) is 12.6. The third-order valence-corrected chi connectivity index (χ3v) is 2.24. The van der Waals surface area contributed by atoms with E-state index in [1.807, 2.05) is 13.1 Å². The van der Waals surface area contributed by atoms with Crippen LogP contribution in [0.15, 0.2) is 4.99 Å². The van der Waals surface area contributed by atoms with Crippen molar-refractivity contribution < 1.29 is 0 Å². The van der Waals surface area contributed by atoms with Crippen molar-refractivity contribution >= 4 is 23.5 Å². The van der Waals surface area contributed by atoms with Crippen molar-refractivity contribution in [1.82, 2.24) is 9.97 Å². The lowest BCUT2D eigenvalue weighted by atomic mass is 10.1. The van der Waals surface area contributed by atoms with Crippen molar-refractivity contribution in [1.29, 1.82) is 0 Å². The molecular weight excluding hydrogens is 186 g/mol. The van der Waals surface area contributed by atoms with Gasteiger partial charge in [0.05, 0.1) is 11.4 Å². The van der Waals surface area contributed by atoms with Crippen LogP contribution in [0, 0.1) is 0 Å². The molecule has 13 heavy (non-hydrogen) atoms. The topological polar surface area (TPSA) is 38.1 Å². The molecule has 0 saturated heterocycles. The molecule has 1 aromatic heterocycles. The highest BCUT2D eigenvalue weighted by Crippen LogP contribution is 2.26. The summed E-state index contributed by atoms with van der Waals surface area (Å²) in [5, 5.41) is 0.340. The van der Waals surface area contributed by atoms with E-state index < -0.39 is 0 Å². The number of aryl methyl sites for hydroxylation is 2. The summed E-state index contributed by atoms with van der Waals surface area (Å²) < 4.78 is 0. The molecule has 0 spiro atoms. The summed E-state index contributed by atoms with van der Waals surface area (Å²) in [6.07, 6.45) is 4.64. The quantitative estimate of drug-likeness (QED) is 0.646. The van der Waals surface area contributed by atoms with Crippen LogP contribution in [0.3, 0.4) is 0 Å². The first kappa shape index (κ1) is 8.63. The molecule has 0 N–H and O–H groups in total. The fraction of sp³-hybridized carbons (Fsp3) is 0.444. The molecule has 68 valence electrons. The van der Waals surface area contributed by atoms with Gasteiger partial charge in [-0.25, -0.2) is 9.97 Å². The van der Waals surface area contributed by atoms with Gasteiger partial charge < -0.3 is 0 Å². The van der Waals surface area contributed by atoms with E-state index in [0.717, 1.165) is 36.3 Å². The average molecular weight is 196 g/mol. The Bertz CT molecular complexity index is 360. The van der Waals surface area contributed by atoms with E-state index in [1.54, 1.807) is 0 Å². The van der Waals surface area contributed by atoms with Gasteiger partial charge in [-0.1, -0.05) is 6.92 Å². The van der Waals surface area contributed by atoms with Crippen LogP contribution in [0.5, 0.6) is 0 Å². The van der Waals surface area contributed by atoms with Gasteiger partial charge in [-0.2, -0.15) is 0 Å². The first-order chi connectivity index (χ1) is 6.31. The highest BCUT2D eigenvalue weighted by molar-refractivity contribution is 6.28. The second-order valence-electron chi connectivity index (χ2n) is 2.94. The fourth-order valence-corrected chi connectivity index (χ4v) is 1.65. The summed E-state index contributed by atoms with van der Waals surface area (Å²) in [5.41, 5.74) is 2.86. The third-order valence-electron chi connectivity index (χ3n) is 2.07. The van der Waals surface area contributed by atoms with Crippen molar-refractivity contribution in [3.05, 3.63) is 16.7 Å². The van der Waals surface area contributed by atoms with Crippen LogP contribution >= 0.6 is 11.6 Å². The second kappa shape index (κ2) is 3.42. The molecule has 0 saturated carbocycles. The summed E-state index contributed by atoms with van der Waals surface area (Å²) in [6, 6.07) is 0. The number of fused-ring (bicyclic) bond motifs is 1. The minimum atomic E-state index is 0.340. The standard InChI is InChI=1S/C9H10ClN3/c1-2-6-8-7(4-3-5-11-8)13-9(10)12-6/h5H,2-4H2,1H3. The highest BCUT2D eigenvalue weighted by atomic mass is 35.5. The molecule has 4 heteroatoms. The van der Waals surface area contributed by atoms with E-state index in [0.29, 0.717) is 5.28 Å². The van der Waals surface area contributed by atoms with Crippen molar-refractivity contribution in [2.75, 3.05) is 0 Å². The van der Waals surface area contributed by atoms with Gasteiger partial charge in [0.25, 0.3) is 0 Å². The van der Waals surface area contributed by atoms with Gasteiger partial charge in [0.2, 0.25) is 5.28 Å². The zero-order chi connectivity index (χ0) is 9.26. The lowest BCUT2D eigenvalue weighted by Crippen LogP contribution is -2.03. The van der Waals surface area contributed by atoms with Crippen LogP contribution in [0.2, 0.25) is 5.28 Å². The molecule has 0 unspecified atom stereocenters. The third kappa shape index (κ3) is 1.56. The van der Waals surface area contributed by atoms with Gasteiger partial charge in [-0.15, -0.1) is 0 Å². The van der Waals surface area contributed by atoms with E-state index in [2.05, 4.69) is 15.0 Å². The predicted molar refractivity (Wildman–Crippen MR) is 52.9 cm³/mol. The predicted octanol–water partition coefficient (Wildman–Crippen LogP) is 2.34. The Morgan fingerprint density at radius 1 is 1.46 bits per heavy atom. The lowest BCUT2D eigenvalue weighted by Gasteiger charge is -2.11. The molecule has 0 bridgehead atoms. The zero-order valence-electron chi connectivity index (χ0n) is 7.42. The van der Waals surface area contributed by atoms with Gasteiger partial charge in [-0.05, 0) is 30.9 Å². The Kier molecular flexibility index (Phi) is 2.27. The minimum absolute atomic E-state index is 0.340. The molecule has 0 aliphatic carbocycles. The Labute approximate surface area is 81.9 Å². The summed E-state index contributed by atoms with van der Waals surface area (Å²) in [6.45, 7) is 2.04. The molecule has 0 amide bonds. The van der Waals surface area contributed by atoms with Crippen molar-refractivity contribution in [2.45, 2.75) is 26.2 Å². The zero-order valence-corrected chi connectivity index (χ0v) is 8.17. The number of hydrogen-bond acceptors (Lipinski definition) is 3. The van der Waals surface area contributed by atoms with Crippen LogP contribution in [-0.2, 0) is 12.8 Å². The Morgan fingerprint density at radius 3 is 3.08 bits per heavy atom. The number of hydrogen-bond donors (Lipinski definition) is 0. The Balaban J connectivity index is 2.59. The Morgan fingerprint density at radius 2 is 2.31 bits per heavy atom. The molecule has 3 nitrogen and oxygen atoms in total. The number of nitrogens with zero attached hydrogens (tertiary/aromatic N) is 3. The molecule has 1 aliphatic heterocycles. The van der Waals surface area contributed by atoms with E-state index in [1.165, 1.54) is 0 Å². The van der Waals surface area contributed by atoms with Crippen LogP contribution in [0.4, 0.5) is 5.69 Å². The second-order valence-corrected chi connectivity index (χ2v) is 3.28. The molecule has 1 aliphatic rings. The molecule has 0 radical (unpaired) electrons. The van der Waals surface area contributed by atoms with Crippen LogP contribution in [0.25, 0.3) is 0 Å². The fourth-order valence-electron chi connectivity index (χ4n) is 1.45. The van der Waals surface area contributed by atoms with E-state index in [9.17, 15) is 0 Å². The maximum absolute atomic E-state index is 5.79. The van der Waals surface area contributed by atoms with Gasteiger partial charge in [0.1, 0.15) is 5.69 Å². The molecule has 2 heterocycles. The van der Waals surface area contributed by atoms with Gasteiger partial charge >= 0.3 is 0 Å². The van der Waals surface area contributed by atoms with Crippen LogP contribution < -0.4 is 0 Å². The van der Waals surface area contributed by atoms with Crippen molar-refractivity contribution in [3.63, 3.8) is 0 Å². The smallest absolute Gasteiger partial charge is 0.222 e. The SMILES string of the molecule is CCc1nc(Cl)nc2c1N=CCC2.